The molecule has 140 valence electrons. The van der Waals surface area contributed by atoms with Crippen molar-refractivity contribution in [1.29, 1.82) is 0 Å². The molecule has 10 heteroatoms. The smallest absolute Gasteiger partial charge is 0.256 e. The van der Waals surface area contributed by atoms with E-state index in [1.807, 2.05) is 0 Å². The molecule has 2 aromatic rings. The molecular formula is C16H18FN3O5S. The van der Waals surface area contributed by atoms with E-state index in [0.717, 1.165) is 18.2 Å². The lowest BCUT2D eigenvalue weighted by molar-refractivity contribution is 0.0759. The maximum atomic E-state index is 14.0. The summed E-state index contributed by atoms with van der Waals surface area (Å²) < 4.78 is 42.0. The van der Waals surface area contributed by atoms with Gasteiger partial charge >= 0.3 is 0 Å². The second kappa shape index (κ2) is 6.78. The molecule has 8 nitrogen and oxygen atoms in total. The molecule has 0 radical (unpaired) electrons. The fourth-order valence-electron chi connectivity index (χ4n) is 3.01. The molecule has 26 heavy (non-hydrogen) atoms. The van der Waals surface area contributed by atoms with Gasteiger partial charge in [-0.25, -0.2) is 17.9 Å². The van der Waals surface area contributed by atoms with Crippen molar-refractivity contribution in [3.63, 3.8) is 0 Å². The predicted octanol–water partition coefficient (Wildman–Crippen LogP) is 0.445. The second-order valence-electron chi connectivity index (χ2n) is 6.36. The summed E-state index contributed by atoms with van der Waals surface area (Å²) in [5.41, 5.74) is 0.308. The number of aryl methyl sites for hydroxylation is 1. The van der Waals surface area contributed by atoms with Gasteiger partial charge in [0, 0.05) is 31.5 Å². The van der Waals surface area contributed by atoms with Gasteiger partial charge in [-0.05, 0) is 25.1 Å². The number of aromatic nitrogens is 1. The van der Waals surface area contributed by atoms with Crippen LogP contribution in [-0.2, 0) is 16.4 Å². The first-order valence-electron chi connectivity index (χ1n) is 7.87. The molecule has 1 aromatic carbocycles. The van der Waals surface area contributed by atoms with Gasteiger partial charge in [0.1, 0.15) is 11.6 Å². The van der Waals surface area contributed by atoms with Gasteiger partial charge in [-0.1, -0.05) is 5.16 Å². The summed E-state index contributed by atoms with van der Waals surface area (Å²) in [5, 5.41) is 19.0. The molecule has 1 aliphatic rings. The summed E-state index contributed by atoms with van der Waals surface area (Å²) in [6.45, 7) is 1.96. The minimum Gasteiger partial charge on any atom is -0.391 e. The van der Waals surface area contributed by atoms with E-state index in [2.05, 4.69) is 5.16 Å². The molecule has 0 unspecified atom stereocenters. The zero-order chi connectivity index (χ0) is 19.1. The lowest BCUT2D eigenvalue weighted by atomic mass is 10.0. The van der Waals surface area contributed by atoms with Crippen LogP contribution in [0.4, 0.5) is 4.39 Å². The monoisotopic (exact) mass is 383 g/mol. The number of hydrogen-bond acceptors (Lipinski definition) is 6. The van der Waals surface area contributed by atoms with Gasteiger partial charge in [-0.3, -0.25) is 4.79 Å². The zero-order valence-electron chi connectivity index (χ0n) is 13.9. The summed E-state index contributed by atoms with van der Waals surface area (Å²) in [4.78, 5) is 13.5. The third kappa shape index (κ3) is 3.76. The summed E-state index contributed by atoms with van der Waals surface area (Å²) in [6.07, 6.45) is -0.431. The van der Waals surface area contributed by atoms with Crippen molar-refractivity contribution in [1.82, 2.24) is 10.1 Å². The first-order chi connectivity index (χ1) is 12.1. The van der Waals surface area contributed by atoms with Crippen LogP contribution in [-0.4, -0.2) is 48.7 Å². The topological polar surface area (TPSA) is 127 Å². The molecule has 3 N–H and O–H groups in total. The minimum absolute atomic E-state index is 0.00959. The Morgan fingerprint density at radius 3 is 2.77 bits per heavy atom. The fraction of sp³-hybridized carbons (Fsp3) is 0.375. The number of rotatable bonds is 4. The average molecular weight is 383 g/mol. The molecule has 2 heterocycles. The highest BCUT2D eigenvalue weighted by Gasteiger charge is 2.36. The number of hydrogen-bond donors (Lipinski definition) is 2. The van der Waals surface area contributed by atoms with Crippen LogP contribution in [0.5, 0.6) is 0 Å². The van der Waals surface area contributed by atoms with Crippen molar-refractivity contribution in [2.45, 2.75) is 24.3 Å². The standard InChI is InChI=1S/C16H18FN3O5S/c1-9-4-11(25-19-9)5-10-7-20(8-15(10)21)16(22)13-6-12(26(18,23)24)2-3-14(13)17/h2-4,6,10,15,21H,5,7-8H2,1H3,(H2,18,23,24)/t10-,15+/m1/s1. The Balaban J connectivity index is 1.78. The van der Waals surface area contributed by atoms with Gasteiger partial charge in [0.2, 0.25) is 10.0 Å². The predicted molar refractivity (Wildman–Crippen MR) is 88.1 cm³/mol. The van der Waals surface area contributed by atoms with Crippen molar-refractivity contribution in [2.75, 3.05) is 13.1 Å². The number of sulfonamides is 1. The van der Waals surface area contributed by atoms with Gasteiger partial charge in [-0.15, -0.1) is 0 Å². The summed E-state index contributed by atoms with van der Waals surface area (Å²) in [5.74, 6) is -1.27. The van der Waals surface area contributed by atoms with Gasteiger partial charge in [0.25, 0.3) is 5.91 Å². The molecule has 1 fully saturated rings. The van der Waals surface area contributed by atoms with E-state index < -0.39 is 33.4 Å². The highest BCUT2D eigenvalue weighted by Crippen LogP contribution is 2.25. The summed E-state index contributed by atoms with van der Waals surface area (Å²) >= 11 is 0. The van der Waals surface area contributed by atoms with Crippen LogP contribution in [0.15, 0.2) is 33.7 Å². The van der Waals surface area contributed by atoms with E-state index in [0.29, 0.717) is 17.9 Å². The molecule has 0 bridgehead atoms. The highest BCUT2D eigenvalue weighted by atomic mass is 32.2. The fourth-order valence-corrected chi connectivity index (χ4v) is 3.55. The molecule has 1 saturated heterocycles. The van der Waals surface area contributed by atoms with Crippen molar-refractivity contribution in [3.05, 3.63) is 47.1 Å². The van der Waals surface area contributed by atoms with Crippen LogP contribution < -0.4 is 5.14 Å². The Kier molecular flexibility index (Phi) is 4.82. The van der Waals surface area contributed by atoms with Crippen LogP contribution in [0.25, 0.3) is 0 Å². The first kappa shape index (κ1) is 18.5. The third-order valence-corrected chi connectivity index (χ3v) is 5.24. The van der Waals surface area contributed by atoms with Gasteiger partial charge in [0.15, 0.2) is 0 Å². The van der Waals surface area contributed by atoms with Crippen LogP contribution in [0.3, 0.4) is 0 Å². The lowest BCUT2D eigenvalue weighted by Gasteiger charge is -2.16. The molecule has 1 aliphatic heterocycles. The Morgan fingerprint density at radius 2 is 2.15 bits per heavy atom. The highest BCUT2D eigenvalue weighted by molar-refractivity contribution is 7.89. The summed E-state index contributed by atoms with van der Waals surface area (Å²) in [7, 11) is -4.07. The van der Waals surface area contributed by atoms with E-state index in [1.54, 1.807) is 13.0 Å². The SMILES string of the molecule is Cc1cc(C[C@@H]2CN(C(=O)c3cc(S(N)(=O)=O)ccc3F)C[C@@H]2O)on1. The molecule has 0 spiro atoms. The number of benzene rings is 1. The van der Waals surface area contributed by atoms with Gasteiger partial charge < -0.3 is 14.5 Å². The van der Waals surface area contributed by atoms with Crippen LogP contribution in [0.1, 0.15) is 21.8 Å². The lowest BCUT2D eigenvalue weighted by Crippen LogP contribution is -2.30. The molecular weight excluding hydrogens is 365 g/mol. The van der Waals surface area contributed by atoms with E-state index in [1.165, 1.54) is 4.90 Å². The van der Waals surface area contributed by atoms with Crippen LogP contribution >= 0.6 is 0 Å². The number of β-amino-alcohol motifs (C(OH)–C–C–N with tert-alkyl or cyclic N) is 1. The molecule has 1 aromatic heterocycles. The second-order valence-corrected chi connectivity index (χ2v) is 7.92. The van der Waals surface area contributed by atoms with Gasteiger partial charge in [0.05, 0.1) is 22.3 Å². The number of aliphatic hydroxyl groups excluding tert-OH is 1. The van der Waals surface area contributed by atoms with Crippen LogP contribution in [0.2, 0.25) is 0 Å². The van der Waals surface area contributed by atoms with E-state index in [-0.39, 0.29) is 23.9 Å². The normalized spacial score (nSPS) is 20.5. The van der Waals surface area contributed by atoms with Crippen molar-refractivity contribution in [2.24, 2.45) is 11.1 Å². The average Bonchev–Trinajstić information content (AvgIpc) is 3.12. The molecule has 1 amide bonds. The molecule has 0 saturated carbocycles. The van der Waals surface area contributed by atoms with Crippen LogP contribution in [0, 0.1) is 18.7 Å². The maximum Gasteiger partial charge on any atom is 0.256 e. The number of nitrogens with zero attached hydrogens (tertiary/aromatic N) is 2. The number of carbonyl (C=O) groups is 1. The Bertz CT molecular complexity index is 943. The Labute approximate surface area is 149 Å². The number of carbonyl (C=O) groups excluding carboxylic acids is 1. The number of halogens is 1. The Hall–Kier alpha value is -2.30. The number of likely N-dealkylation sites (tertiary alicyclic amines) is 1. The third-order valence-electron chi connectivity index (χ3n) is 4.33. The number of nitrogens with two attached hydrogens (primary N) is 1. The molecule has 0 aliphatic carbocycles. The summed E-state index contributed by atoms with van der Waals surface area (Å²) in [6, 6.07) is 4.53. The molecule has 2 atom stereocenters. The largest absolute Gasteiger partial charge is 0.391 e. The number of primary sulfonamides is 1. The maximum absolute atomic E-state index is 14.0. The van der Waals surface area contributed by atoms with Crippen molar-refractivity contribution in [3.8, 4) is 0 Å². The van der Waals surface area contributed by atoms with E-state index in [9.17, 15) is 22.7 Å². The first-order valence-corrected chi connectivity index (χ1v) is 9.41. The van der Waals surface area contributed by atoms with Gasteiger partial charge in [-0.2, -0.15) is 0 Å². The zero-order valence-corrected chi connectivity index (χ0v) is 14.7. The molecule has 3 rings (SSSR count). The van der Waals surface area contributed by atoms with Crippen molar-refractivity contribution < 1.29 is 27.2 Å². The number of aliphatic hydroxyl groups is 1. The Morgan fingerprint density at radius 1 is 1.42 bits per heavy atom. The quantitative estimate of drug-likeness (QED) is 0.789. The minimum atomic E-state index is -4.07. The van der Waals surface area contributed by atoms with Crippen molar-refractivity contribution >= 4 is 15.9 Å². The van der Waals surface area contributed by atoms with E-state index >= 15 is 0 Å². The van der Waals surface area contributed by atoms with E-state index in [4.69, 9.17) is 9.66 Å². The number of amides is 1.